The molecule has 0 bridgehead atoms. The number of rotatable bonds is 6. The molecule has 0 aliphatic carbocycles. The molecule has 31 heavy (non-hydrogen) atoms. The summed E-state index contributed by atoms with van der Waals surface area (Å²) >= 11 is 1.40. The number of thioether (sulfide) groups is 1. The summed E-state index contributed by atoms with van der Waals surface area (Å²) in [5.41, 5.74) is 7.90. The van der Waals surface area contributed by atoms with Crippen LogP contribution in [-0.4, -0.2) is 26.6 Å². The van der Waals surface area contributed by atoms with Crippen LogP contribution in [0.5, 0.6) is 0 Å². The van der Waals surface area contributed by atoms with Crippen LogP contribution in [0.2, 0.25) is 0 Å². The molecule has 2 heterocycles. The molecule has 8 heteroatoms. The lowest BCUT2D eigenvalue weighted by atomic mass is 10.1. The molecule has 2 aromatic heterocycles. The second-order valence-corrected chi connectivity index (χ2v) is 7.89. The lowest BCUT2D eigenvalue weighted by Gasteiger charge is -2.08. The van der Waals surface area contributed by atoms with Crippen LogP contribution >= 0.6 is 11.8 Å². The summed E-state index contributed by atoms with van der Waals surface area (Å²) in [4.78, 5) is 0.662. The third-order valence-corrected chi connectivity index (χ3v) is 5.73. The second kappa shape index (κ2) is 10.1. The number of nitrogens with two attached hydrogens (primary N) is 1. The molecule has 2 aromatic carbocycles. The Labute approximate surface area is 183 Å². The quantitative estimate of drug-likeness (QED) is 0.393. The number of aryl methyl sites for hydroxylation is 1. The Kier molecular flexibility index (Phi) is 7.46. The molecule has 0 spiro atoms. The monoisotopic (exact) mass is 446 g/mol. The largest absolute Gasteiger partial charge is 0.342 e. The first-order valence-corrected chi connectivity index (χ1v) is 11.0. The topological polar surface area (TPSA) is 48.8 Å². The van der Waals surface area contributed by atoms with Crippen LogP contribution in [0.15, 0.2) is 53.8 Å². The van der Waals surface area contributed by atoms with Crippen LogP contribution in [0, 0.1) is 17.5 Å². The van der Waals surface area contributed by atoms with E-state index in [1.807, 2.05) is 19.9 Å². The van der Waals surface area contributed by atoms with E-state index in [9.17, 15) is 13.2 Å². The van der Waals surface area contributed by atoms with Gasteiger partial charge in [0, 0.05) is 59.2 Å². The number of nitrogens with zero attached hydrogens (tertiary/aromatic N) is 3. The van der Waals surface area contributed by atoms with Crippen LogP contribution < -0.4 is 5.73 Å². The standard InChI is InChI=1S/C21H19F3N4S.C2H6/c1-27-10-15(9-26-27)13-2-3-14(17(23)6-13)11-28-12-20(29-5-4-25)21-18(24)7-16(22)8-19(21)28;1-2/h2-3,6-10,12H,4-5,11,25H2,1H3;1-2H3. The maximum absolute atomic E-state index is 14.8. The van der Waals surface area contributed by atoms with Crippen LogP contribution in [0.4, 0.5) is 13.2 Å². The van der Waals surface area contributed by atoms with Crippen molar-refractivity contribution in [3.05, 3.63) is 71.9 Å². The number of aromatic nitrogens is 3. The molecule has 0 amide bonds. The maximum Gasteiger partial charge on any atom is 0.136 e. The zero-order valence-electron chi connectivity index (χ0n) is 17.7. The molecule has 4 rings (SSSR count). The van der Waals surface area contributed by atoms with Crippen molar-refractivity contribution in [3.8, 4) is 11.1 Å². The first-order chi connectivity index (χ1) is 15.0. The zero-order valence-corrected chi connectivity index (χ0v) is 18.5. The van der Waals surface area contributed by atoms with Gasteiger partial charge in [0.25, 0.3) is 0 Å². The van der Waals surface area contributed by atoms with Crippen LogP contribution in [0.3, 0.4) is 0 Å². The average Bonchev–Trinajstić information content (AvgIpc) is 3.33. The van der Waals surface area contributed by atoms with Crippen molar-refractivity contribution in [2.75, 3.05) is 12.3 Å². The van der Waals surface area contributed by atoms with E-state index in [0.717, 1.165) is 11.6 Å². The molecule has 0 radical (unpaired) electrons. The highest BCUT2D eigenvalue weighted by atomic mass is 32.2. The Hall–Kier alpha value is -2.71. The summed E-state index contributed by atoms with van der Waals surface area (Å²) in [6.45, 7) is 4.59. The molecule has 0 aliphatic heterocycles. The summed E-state index contributed by atoms with van der Waals surface area (Å²) in [5, 5.41) is 4.43. The van der Waals surface area contributed by atoms with E-state index < -0.39 is 11.6 Å². The third-order valence-electron chi connectivity index (χ3n) is 4.67. The Morgan fingerprint density at radius 1 is 1.00 bits per heavy atom. The van der Waals surface area contributed by atoms with Gasteiger partial charge in [-0.3, -0.25) is 4.68 Å². The van der Waals surface area contributed by atoms with Crippen LogP contribution in [0.1, 0.15) is 19.4 Å². The molecule has 0 saturated carbocycles. The van der Waals surface area contributed by atoms with Gasteiger partial charge >= 0.3 is 0 Å². The van der Waals surface area contributed by atoms with Crippen molar-refractivity contribution < 1.29 is 13.2 Å². The van der Waals surface area contributed by atoms with Gasteiger partial charge in [-0.25, -0.2) is 13.2 Å². The maximum atomic E-state index is 14.8. The molecule has 0 atom stereocenters. The molecular weight excluding hydrogens is 421 g/mol. The molecule has 0 saturated heterocycles. The minimum atomic E-state index is -0.669. The van der Waals surface area contributed by atoms with Crippen molar-refractivity contribution in [1.82, 2.24) is 14.3 Å². The molecule has 164 valence electrons. The van der Waals surface area contributed by atoms with E-state index in [0.29, 0.717) is 39.2 Å². The van der Waals surface area contributed by atoms with Gasteiger partial charge in [0.1, 0.15) is 17.5 Å². The molecule has 0 fully saturated rings. The van der Waals surface area contributed by atoms with Gasteiger partial charge in [-0.15, -0.1) is 11.8 Å². The first-order valence-electron chi connectivity index (χ1n) is 10.0. The number of fused-ring (bicyclic) bond motifs is 1. The Morgan fingerprint density at radius 3 is 2.42 bits per heavy atom. The first kappa shape index (κ1) is 23.0. The van der Waals surface area contributed by atoms with Crippen LogP contribution in [-0.2, 0) is 13.6 Å². The summed E-state index contributed by atoms with van der Waals surface area (Å²) in [7, 11) is 1.80. The van der Waals surface area contributed by atoms with E-state index in [1.165, 1.54) is 23.9 Å². The van der Waals surface area contributed by atoms with Gasteiger partial charge in [-0.2, -0.15) is 5.10 Å². The molecule has 4 aromatic rings. The number of hydrogen-bond acceptors (Lipinski definition) is 3. The summed E-state index contributed by atoms with van der Waals surface area (Å²) in [6.07, 6.45) is 5.20. The normalized spacial score (nSPS) is 10.9. The highest BCUT2D eigenvalue weighted by molar-refractivity contribution is 7.99. The van der Waals surface area contributed by atoms with E-state index in [4.69, 9.17) is 5.73 Å². The van der Waals surface area contributed by atoms with E-state index in [-0.39, 0.29) is 12.4 Å². The van der Waals surface area contributed by atoms with Crippen molar-refractivity contribution >= 4 is 22.7 Å². The second-order valence-electron chi connectivity index (χ2n) is 6.75. The van der Waals surface area contributed by atoms with Crippen LogP contribution in [0.25, 0.3) is 22.0 Å². The third kappa shape index (κ3) is 4.97. The molecule has 4 nitrogen and oxygen atoms in total. The van der Waals surface area contributed by atoms with Gasteiger partial charge in [-0.05, 0) is 17.7 Å². The summed E-state index contributed by atoms with van der Waals surface area (Å²) < 4.78 is 46.4. The Bertz CT molecular complexity index is 1180. The predicted octanol–water partition coefficient (Wildman–Crippen LogP) is 5.58. The predicted molar refractivity (Wildman–Crippen MR) is 121 cm³/mol. The number of hydrogen-bond donors (Lipinski definition) is 1. The van der Waals surface area contributed by atoms with E-state index in [1.54, 1.807) is 41.0 Å². The van der Waals surface area contributed by atoms with Crippen molar-refractivity contribution in [2.45, 2.75) is 25.3 Å². The van der Waals surface area contributed by atoms with Gasteiger partial charge in [0.15, 0.2) is 0 Å². The SMILES string of the molecule is CC.Cn1cc(-c2ccc(Cn3cc(SCCN)c4c(F)cc(F)cc43)c(F)c2)cn1. The summed E-state index contributed by atoms with van der Waals surface area (Å²) in [6, 6.07) is 7.08. The fraction of sp³-hybridized carbons (Fsp3) is 0.261. The molecule has 0 aliphatic rings. The molecule has 2 N–H and O–H groups in total. The minimum absolute atomic E-state index is 0.154. The highest BCUT2D eigenvalue weighted by Gasteiger charge is 2.16. The summed E-state index contributed by atoms with van der Waals surface area (Å²) in [5.74, 6) is -1.09. The minimum Gasteiger partial charge on any atom is -0.342 e. The fourth-order valence-corrected chi connectivity index (χ4v) is 4.21. The van der Waals surface area contributed by atoms with Crippen molar-refractivity contribution in [2.24, 2.45) is 12.8 Å². The average molecular weight is 447 g/mol. The fourth-order valence-electron chi connectivity index (χ4n) is 3.32. The highest BCUT2D eigenvalue weighted by Crippen LogP contribution is 2.33. The van der Waals surface area contributed by atoms with Gasteiger partial charge < -0.3 is 10.3 Å². The van der Waals surface area contributed by atoms with Crippen molar-refractivity contribution in [1.29, 1.82) is 0 Å². The lowest BCUT2D eigenvalue weighted by Crippen LogP contribution is -2.01. The number of halogens is 3. The van der Waals surface area contributed by atoms with Gasteiger partial charge in [0.05, 0.1) is 18.3 Å². The Balaban J connectivity index is 0.00000132. The smallest absolute Gasteiger partial charge is 0.136 e. The van der Waals surface area contributed by atoms with E-state index in [2.05, 4.69) is 5.10 Å². The Morgan fingerprint density at radius 2 is 1.77 bits per heavy atom. The lowest BCUT2D eigenvalue weighted by molar-refractivity contribution is 0.589. The van der Waals surface area contributed by atoms with Gasteiger partial charge in [0.2, 0.25) is 0 Å². The number of benzene rings is 2. The van der Waals surface area contributed by atoms with Gasteiger partial charge in [-0.1, -0.05) is 26.0 Å². The zero-order chi connectivity index (χ0) is 22.5. The molecule has 0 unspecified atom stereocenters. The van der Waals surface area contributed by atoms with E-state index >= 15 is 0 Å². The van der Waals surface area contributed by atoms with Crippen molar-refractivity contribution in [3.63, 3.8) is 0 Å². The molecular formula is C23H25F3N4S.